The standard InChI is InChI=1S/C41H44FN7O6/c1-6-35(50)43-29-9-8-10-30(21-29)45-40-38(42)33-25-49(24-27-11-16-32(53-4)22-34(27)54-5)41(52)37(33)39(46-40)44-28-12-14-31(15-13-28)48-19-17-47(18-20-48)23-26(3)55-36(51)7-2/h6-16,21-22,26H,1-2,17-20,23-25H2,3-5H3,(H,43,50)(H2,44,45,46). The molecule has 3 N–H and O–H groups in total. The molecule has 55 heavy (non-hydrogen) atoms. The molecule has 2 amide bonds. The highest BCUT2D eigenvalue weighted by Gasteiger charge is 2.36. The summed E-state index contributed by atoms with van der Waals surface area (Å²) in [5.41, 5.74) is 3.69. The number of aromatic nitrogens is 1. The van der Waals surface area contributed by atoms with Crippen molar-refractivity contribution in [3.8, 4) is 11.5 Å². The molecule has 1 unspecified atom stereocenters. The van der Waals surface area contributed by atoms with Crippen LogP contribution in [0, 0.1) is 5.82 Å². The van der Waals surface area contributed by atoms with Crippen molar-refractivity contribution in [3.05, 3.63) is 115 Å². The highest BCUT2D eigenvalue weighted by molar-refractivity contribution is 6.04. The Kier molecular flexibility index (Phi) is 12.0. The van der Waals surface area contributed by atoms with E-state index in [9.17, 15) is 14.4 Å². The van der Waals surface area contributed by atoms with Crippen molar-refractivity contribution in [1.82, 2.24) is 14.8 Å². The van der Waals surface area contributed by atoms with Gasteiger partial charge in [0.1, 0.15) is 23.4 Å². The van der Waals surface area contributed by atoms with Gasteiger partial charge in [-0.15, -0.1) is 0 Å². The molecule has 0 bridgehead atoms. The predicted molar refractivity (Wildman–Crippen MR) is 210 cm³/mol. The molecule has 4 aromatic rings. The number of ether oxygens (including phenoxy) is 3. The van der Waals surface area contributed by atoms with Crippen LogP contribution in [0.25, 0.3) is 0 Å². The summed E-state index contributed by atoms with van der Waals surface area (Å²) in [4.78, 5) is 48.2. The maximum absolute atomic E-state index is 16.4. The summed E-state index contributed by atoms with van der Waals surface area (Å²) in [6, 6.07) is 19.9. The summed E-state index contributed by atoms with van der Waals surface area (Å²) >= 11 is 0. The largest absolute Gasteiger partial charge is 0.497 e. The van der Waals surface area contributed by atoms with E-state index in [-0.39, 0.29) is 53.8 Å². The number of amides is 2. The molecule has 0 radical (unpaired) electrons. The molecular formula is C41H44FN7O6. The van der Waals surface area contributed by atoms with E-state index in [1.807, 2.05) is 37.3 Å². The number of methoxy groups -OCH3 is 2. The number of benzene rings is 3. The smallest absolute Gasteiger partial charge is 0.330 e. The fraction of sp³-hybridized carbons (Fsp3) is 0.268. The zero-order valence-corrected chi connectivity index (χ0v) is 31.1. The van der Waals surface area contributed by atoms with E-state index in [2.05, 4.69) is 43.9 Å². The van der Waals surface area contributed by atoms with Crippen molar-refractivity contribution >= 4 is 52.2 Å². The minimum Gasteiger partial charge on any atom is -0.497 e. The first-order valence-corrected chi connectivity index (χ1v) is 17.8. The van der Waals surface area contributed by atoms with Crippen molar-refractivity contribution in [2.75, 3.05) is 67.8 Å². The van der Waals surface area contributed by atoms with Gasteiger partial charge < -0.3 is 40.0 Å². The van der Waals surface area contributed by atoms with Crippen LogP contribution in [0.5, 0.6) is 11.5 Å². The minimum absolute atomic E-state index is 0.00310. The van der Waals surface area contributed by atoms with Gasteiger partial charge in [-0.3, -0.25) is 14.5 Å². The van der Waals surface area contributed by atoms with Crippen molar-refractivity contribution in [1.29, 1.82) is 0 Å². The highest BCUT2D eigenvalue weighted by atomic mass is 19.1. The third-order valence-corrected chi connectivity index (χ3v) is 9.39. The molecule has 0 aliphatic carbocycles. The van der Waals surface area contributed by atoms with E-state index in [1.165, 1.54) is 13.2 Å². The van der Waals surface area contributed by atoms with Gasteiger partial charge in [-0.2, -0.15) is 0 Å². The quantitative estimate of drug-likeness (QED) is 0.0941. The van der Waals surface area contributed by atoms with Gasteiger partial charge in [0.05, 0.1) is 26.3 Å². The van der Waals surface area contributed by atoms with Crippen LogP contribution in [0.4, 0.5) is 38.8 Å². The van der Waals surface area contributed by atoms with Gasteiger partial charge >= 0.3 is 5.97 Å². The zero-order chi connectivity index (χ0) is 39.1. The van der Waals surface area contributed by atoms with Crippen molar-refractivity contribution in [3.63, 3.8) is 0 Å². The fourth-order valence-electron chi connectivity index (χ4n) is 6.63. The molecule has 0 saturated carbocycles. The Bertz CT molecular complexity index is 2080. The Balaban J connectivity index is 1.24. The SMILES string of the molecule is C=CC(=O)Nc1cccc(Nc2nc(Nc3ccc(N4CCN(CC(C)OC(=O)C=C)CC4)cc3)c3c(c2F)CN(Cc2ccc(OC)cc2OC)C3=O)c1. The number of halogens is 1. The molecule has 14 heteroatoms. The average molecular weight is 750 g/mol. The first-order valence-electron chi connectivity index (χ1n) is 17.8. The number of nitrogens with one attached hydrogen (secondary N) is 3. The maximum atomic E-state index is 16.4. The van der Waals surface area contributed by atoms with Crippen LogP contribution in [0.1, 0.15) is 28.4 Å². The van der Waals surface area contributed by atoms with Crippen LogP contribution >= 0.6 is 0 Å². The van der Waals surface area contributed by atoms with Crippen molar-refractivity contribution < 1.29 is 33.0 Å². The number of hydrogen-bond acceptors (Lipinski definition) is 11. The molecular weight excluding hydrogens is 705 g/mol. The van der Waals surface area contributed by atoms with Crippen LogP contribution in [0.2, 0.25) is 0 Å². The summed E-state index contributed by atoms with van der Waals surface area (Å²) in [6.07, 6.45) is 2.09. The lowest BCUT2D eigenvalue weighted by Gasteiger charge is -2.37. The van der Waals surface area contributed by atoms with E-state index in [4.69, 9.17) is 14.2 Å². The molecule has 2 aliphatic heterocycles. The number of rotatable bonds is 15. The fourth-order valence-corrected chi connectivity index (χ4v) is 6.63. The molecule has 1 atom stereocenters. The lowest BCUT2D eigenvalue weighted by Crippen LogP contribution is -2.48. The Morgan fingerprint density at radius 2 is 1.64 bits per heavy atom. The molecule has 1 fully saturated rings. The van der Waals surface area contributed by atoms with E-state index in [0.717, 1.165) is 43.5 Å². The number of pyridine rings is 1. The van der Waals surface area contributed by atoms with Crippen LogP contribution in [-0.4, -0.2) is 85.6 Å². The highest BCUT2D eigenvalue weighted by Crippen LogP contribution is 2.38. The lowest BCUT2D eigenvalue weighted by molar-refractivity contribution is -0.143. The number of anilines is 6. The normalized spacial score (nSPS) is 14.4. The van der Waals surface area contributed by atoms with Gasteiger partial charge in [-0.25, -0.2) is 14.2 Å². The number of carbonyl (C=O) groups is 3. The summed E-state index contributed by atoms with van der Waals surface area (Å²) in [6.45, 7) is 12.8. The summed E-state index contributed by atoms with van der Waals surface area (Å²) in [5.74, 6) is -0.615. The molecule has 3 aromatic carbocycles. The van der Waals surface area contributed by atoms with Crippen molar-refractivity contribution in [2.45, 2.75) is 26.1 Å². The van der Waals surface area contributed by atoms with Crippen LogP contribution in [0.15, 0.2) is 92.0 Å². The second-order valence-corrected chi connectivity index (χ2v) is 13.1. The van der Waals surface area contributed by atoms with E-state index in [1.54, 1.807) is 48.4 Å². The second kappa shape index (κ2) is 17.2. The van der Waals surface area contributed by atoms with Gasteiger partial charge in [0.25, 0.3) is 5.91 Å². The van der Waals surface area contributed by atoms with E-state index in [0.29, 0.717) is 35.1 Å². The van der Waals surface area contributed by atoms with Crippen molar-refractivity contribution in [2.24, 2.45) is 0 Å². The summed E-state index contributed by atoms with van der Waals surface area (Å²) in [7, 11) is 3.10. The van der Waals surface area contributed by atoms with Crippen LogP contribution < -0.4 is 30.3 Å². The number of piperazine rings is 1. The number of esters is 1. The number of fused-ring (bicyclic) bond motifs is 1. The average Bonchev–Trinajstić information content (AvgIpc) is 3.52. The maximum Gasteiger partial charge on any atom is 0.330 e. The van der Waals surface area contributed by atoms with Gasteiger partial charge in [0.15, 0.2) is 11.6 Å². The van der Waals surface area contributed by atoms with E-state index < -0.39 is 11.8 Å². The molecule has 13 nitrogen and oxygen atoms in total. The Hall–Kier alpha value is -6.41. The van der Waals surface area contributed by atoms with Gasteiger partial charge in [-0.05, 0) is 67.6 Å². The molecule has 3 heterocycles. The third-order valence-electron chi connectivity index (χ3n) is 9.39. The summed E-state index contributed by atoms with van der Waals surface area (Å²) < 4.78 is 32.6. The molecule has 2 aliphatic rings. The topological polar surface area (TPSA) is 138 Å². The lowest BCUT2D eigenvalue weighted by atomic mass is 10.1. The monoisotopic (exact) mass is 749 g/mol. The number of nitrogens with zero attached hydrogens (tertiary/aromatic N) is 4. The Labute approximate surface area is 319 Å². The number of carbonyl (C=O) groups excluding carboxylic acids is 3. The van der Waals surface area contributed by atoms with E-state index >= 15 is 4.39 Å². The molecule has 6 rings (SSSR count). The second-order valence-electron chi connectivity index (χ2n) is 13.1. The molecule has 286 valence electrons. The third kappa shape index (κ3) is 9.04. The van der Waals surface area contributed by atoms with Crippen LogP contribution in [0.3, 0.4) is 0 Å². The Morgan fingerprint density at radius 3 is 2.33 bits per heavy atom. The minimum atomic E-state index is -0.665. The first-order chi connectivity index (χ1) is 26.6. The molecule has 0 spiro atoms. The zero-order valence-electron chi connectivity index (χ0n) is 31.1. The van der Waals surface area contributed by atoms with Gasteiger partial charge in [-0.1, -0.05) is 19.2 Å². The van der Waals surface area contributed by atoms with Gasteiger partial charge in [0, 0.05) is 85.3 Å². The molecule has 1 saturated heterocycles. The first kappa shape index (κ1) is 38.3. The molecule has 1 aromatic heterocycles. The summed E-state index contributed by atoms with van der Waals surface area (Å²) in [5, 5.41) is 9.02. The van der Waals surface area contributed by atoms with Crippen LogP contribution in [-0.2, 0) is 27.4 Å². The number of hydrogen-bond donors (Lipinski definition) is 3. The Morgan fingerprint density at radius 1 is 0.909 bits per heavy atom. The van der Waals surface area contributed by atoms with Gasteiger partial charge in [0.2, 0.25) is 5.91 Å². The predicted octanol–water partition coefficient (Wildman–Crippen LogP) is 6.25.